The van der Waals surface area contributed by atoms with Gasteiger partial charge in [0.15, 0.2) is 0 Å². The summed E-state index contributed by atoms with van der Waals surface area (Å²) in [5.74, 6) is -8.14. The zero-order chi connectivity index (χ0) is 30.3. The van der Waals surface area contributed by atoms with Gasteiger partial charge in [-0.25, -0.2) is 13.9 Å². The smallest absolute Gasteiger partial charge is 0.747 e. The number of carbonyl (C=O) groups excluding carboxylic acids is 5. The van der Waals surface area contributed by atoms with Crippen molar-refractivity contribution in [3.8, 4) is 0 Å². The Balaban J connectivity index is 0.00000616. The van der Waals surface area contributed by atoms with E-state index in [9.17, 15) is 42.2 Å². The second-order valence-electron chi connectivity index (χ2n) is 10.1. The van der Waals surface area contributed by atoms with Gasteiger partial charge in [-0.15, -0.1) is 0 Å². The standard InChI is InChI=1S/C27H32N4O9S.Na/c1-16(2)12-20(21(24(33)30-37)14-31-26(35)18-10-6-7-11-19(18)27(31)36)23(32)29-22(13-17-8-4-3-5-9-17)25(34)28-15-41(38,39)40;/h3-11,16,20-22,37H,12-15H2,1-2H3,(H,28,34)(H,29,32)(H,30,33)(H,38,39,40);/q;+1/p-1/t20-,21?,22+;/m1./s1. The molecule has 4 N–H and O–H groups in total. The minimum atomic E-state index is -4.81. The fourth-order valence-corrected chi connectivity index (χ4v) is 4.98. The van der Waals surface area contributed by atoms with Crippen LogP contribution in [-0.4, -0.2) is 71.1 Å². The fourth-order valence-electron chi connectivity index (χ4n) is 4.66. The third-order valence-corrected chi connectivity index (χ3v) is 7.09. The third kappa shape index (κ3) is 9.18. The first-order chi connectivity index (χ1) is 19.3. The van der Waals surface area contributed by atoms with Crippen molar-refractivity contribution < 1.29 is 71.7 Å². The predicted molar refractivity (Wildman–Crippen MR) is 143 cm³/mol. The molecule has 5 amide bonds. The molecule has 0 fully saturated rings. The molecule has 3 atom stereocenters. The molecule has 0 radical (unpaired) electrons. The van der Waals surface area contributed by atoms with Gasteiger partial charge in [-0.3, -0.25) is 34.1 Å². The van der Waals surface area contributed by atoms with E-state index in [-0.39, 0.29) is 59.4 Å². The van der Waals surface area contributed by atoms with Gasteiger partial charge in [-0.05, 0) is 30.0 Å². The number of carbonyl (C=O) groups is 5. The van der Waals surface area contributed by atoms with E-state index in [4.69, 9.17) is 0 Å². The van der Waals surface area contributed by atoms with Crippen molar-refractivity contribution in [2.45, 2.75) is 32.7 Å². The van der Waals surface area contributed by atoms with E-state index < -0.39 is 70.0 Å². The molecule has 0 saturated carbocycles. The van der Waals surface area contributed by atoms with Crippen LogP contribution in [0.5, 0.6) is 0 Å². The van der Waals surface area contributed by atoms with Crippen molar-refractivity contribution in [2.75, 3.05) is 12.4 Å². The summed E-state index contributed by atoms with van der Waals surface area (Å²) in [7, 11) is -4.81. The second-order valence-corrected chi connectivity index (χ2v) is 11.5. The van der Waals surface area contributed by atoms with Gasteiger partial charge < -0.3 is 15.2 Å². The van der Waals surface area contributed by atoms with E-state index in [1.54, 1.807) is 56.3 Å². The molecule has 0 bridgehead atoms. The van der Waals surface area contributed by atoms with E-state index >= 15 is 0 Å². The molecule has 42 heavy (non-hydrogen) atoms. The van der Waals surface area contributed by atoms with Gasteiger partial charge in [0.1, 0.15) is 22.0 Å². The minimum absolute atomic E-state index is 0. The summed E-state index contributed by atoms with van der Waals surface area (Å²) in [4.78, 5) is 66.2. The van der Waals surface area contributed by atoms with E-state index in [0.717, 1.165) is 4.90 Å². The second kappa shape index (κ2) is 15.4. The fraction of sp³-hybridized carbons (Fsp3) is 0.370. The van der Waals surface area contributed by atoms with Gasteiger partial charge in [0.05, 0.1) is 23.0 Å². The van der Waals surface area contributed by atoms with Crippen LogP contribution < -0.4 is 45.7 Å². The summed E-state index contributed by atoms with van der Waals surface area (Å²) in [6.07, 6.45) is -0.0251. The first-order valence-corrected chi connectivity index (χ1v) is 14.3. The van der Waals surface area contributed by atoms with Gasteiger partial charge in [0.2, 0.25) is 17.7 Å². The Morgan fingerprint density at radius 2 is 1.43 bits per heavy atom. The van der Waals surface area contributed by atoms with E-state index in [2.05, 4.69) is 5.32 Å². The maximum atomic E-state index is 13.7. The van der Waals surface area contributed by atoms with Crippen LogP contribution in [0.3, 0.4) is 0 Å². The maximum Gasteiger partial charge on any atom is 1.00 e. The van der Waals surface area contributed by atoms with E-state index in [1.807, 2.05) is 5.32 Å². The number of rotatable bonds is 13. The Morgan fingerprint density at radius 3 is 1.93 bits per heavy atom. The summed E-state index contributed by atoms with van der Waals surface area (Å²) in [5.41, 5.74) is 2.38. The first-order valence-electron chi connectivity index (χ1n) is 12.8. The van der Waals surface area contributed by atoms with Gasteiger partial charge in [0.25, 0.3) is 11.8 Å². The normalized spacial score (nSPS) is 14.8. The molecule has 1 aliphatic heterocycles. The summed E-state index contributed by atoms with van der Waals surface area (Å²) in [5, 5.41) is 14.0. The molecule has 1 aliphatic rings. The number of imide groups is 1. The quantitative estimate of drug-likeness (QED) is 0.0618. The Labute approximate surface area is 265 Å². The summed E-state index contributed by atoms with van der Waals surface area (Å²) >= 11 is 0. The van der Waals surface area contributed by atoms with Gasteiger partial charge in [-0.2, -0.15) is 0 Å². The largest absolute Gasteiger partial charge is 1.00 e. The van der Waals surface area contributed by atoms with Crippen LogP contribution in [0.1, 0.15) is 46.5 Å². The number of benzene rings is 2. The molecule has 1 unspecified atom stereocenters. The van der Waals surface area contributed by atoms with Crippen LogP contribution in [0.2, 0.25) is 0 Å². The van der Waals surface area contributed by atoms with Crippen LogP contribution in [-0.2, 0) is 30.9 Å². The van der Waals surface area contributed by atoms with Crippen molar-refractivity contribution in [2.24, 2.45) is 17.8 Å². The zero-order valence-electron chi connectivity index (χ0n) is 23.4. The molecule has 15 heteroatoms. The molecule has 2 aromatic rings. The average molecular weight is 611 g/mol. The van der Waals surface area contributed by atoms with Crippen molar-refractivity contribution in [1.82, 2.24) is 21.0 Å². The van der Waals surface area contributed by atoms with E-state index in [0.29, 0.717) is 5.56 Å². The van der Waals surface area contributed by atoms with Crippen molar-refractivity contribution in [3.05, 3.63) is 71.3 Å². The van der Waals surface area contributed by atoms with Crippen LogP contribution in [0, 0.1) is 17.8 Å². The van der Waals surface area contributed by atoms with Crippen LogP contribution in [0.25, 0.3) is 0 Å². The molecule has 0 spiro atoms. The van der Waals surface area contributed by atoms with Crippen molar-refractivity contribution in [3.63, 3.8) is 0 Å². The minimum Gasteiger partial charge on any atom is -0.747 e. The summed E-state index contributed by atoms with van der Waals surface area (Å²) in [6.45, 7) is 3.00. The summed E-state index contributed by atoms with van der Waals surface area (Å²) < 4.78 is 33.2. The van der Waals surface area contributed by atoms with Gasteiger partial charge in [0, 0.05) is 13.0 Å². The summed E-state index contributed by atoms with van der Waals surface area (Å²) in [6, 6.07) is 13.2. The number of nitrogens with zero attached hydrogens (tertiary/aromatic N) is 1. The number of hydrogen-bond donors (Lipinski definition) is 4. The number of fused-ring (bicyclic) bond motifs is 1. The number of hydrogen-bond acceptors (Lipinski definition) is 9. The molecule has 0 aliphatic carbocycles. The van der Waals surface area contributed by atoms with Gasteiger partial charge in [-0.1, -0.05) is 56.3 Å². The molecule has 2 aromatic carbocycles. The number of nitrogens with one attached hydrogen (secondary N) is 3. The number of amides is 5. The van der Waals surface area contributed by atoms with Crippen LogP contribution in [0.15, 0.2) is 54.6 Å². The molecule has 220 valence electrons. The Hall–Kier alpha value is -3.14. The molecule has 1 heterocycles. The van der Waals surface area contributed by atoms with Crippen LogP contribution >= 0.6 is 0 Å². The average Bonchev–Trinajstić information content (AvgIpc) is 3.17. The zero-order valence-corrected chi connectivity index (χ0v) is 26.2. The Morgan fingerprint density at radius 1 is 0.881 bits per heavy atom. The maximum absolute atomic E-state index is 13.7. The molecule has 0 saturated heterocycles. The number of hydroxylamine groups is 1. The van der Waals surface area contributed by atoms with Gasteiger partial charge >= 0.3 is 29.6 Å². The Kier molecular flexibility index (Phi) is 12.8. The monoisotopic (exact) mass is 610 g/mol. The Bertz CT molecular complexity index is 1380. The topological polar surface area (TPSA) is 202 Å². The first kappa shape index (κ1) is 35.1. The molecule has 3 rings (SSSR count). The molecular formula is C27H31N4NaO9S. The van der Waals surface area contributed by atoms with Crippen molar-refractivity contribution in [1.29, 1.82) is 0 Å². The third-order valence-electron chi connectivity index (χ3n) is 6.59. The van der Waals surface area contributed by atoms with Crippen molar-refractivity contribution >= 4 is 39.7 Å². The molecule has 13 nitrogen and oxygen atoms in total. The predicted octanol–water partition coefficient (Wildman–Crippen LogP) is -2.58. The molecule has 0 aromatic heterocycles. The molecular weight excluding hydrogens is 579 g/mol. The van der Waals surface area contributed by atoms with E-state index in [1.165, 1.54) is 17.6 Å². The van der Waals surface area contributed by atoms with Crippen LogP contribution in [0.4, 0.5) is 0 Å². The SMILES string of the molecule is CC(C)C[C@@H](C(=O)N[C@@H](Cc1ccccc1)C(=O)NCS(=O)(=O)[O-])C(CN1C(=O)c2ccccc2C1=O)C(=O)NO.[Na+].